The van der Waals surface area contributed by atoms with Crippen molar-refractivity contribution in [2.75, 3.05) is 13.1 Å². The number of fused-ring (bicyclic) bond motifs is 2. The number of carbonyl (C=O) groups is 3. The monoisotopic (exact) mass is 361 g/mol. The highest BCUT2D eigenvalue weighted by atomic mass is 19.1. The molecular formula is C18H20FN3O4. The molecule has 1 aromatic rings. The minimum atomic E-state index is -0.669. The van der Waals surface area contributed by atoms with Gasteiger partial charge in [0.15, 0.2) is 0 Å². The molecule has 3 heterocycles. The van der Waals surface area contributed by atoms with E-state index >= 15 is 0 Å². The first-order valence-corrected chi connectivity index (χ1v) is 8.79. The molecule has 26 heavy (non-hydrogen) atoms. The van der Waals surface area contributed by atoms with Crippen LogP contribution < -0.4 is 5.32 Å². The minimum absolute atomic E-state index is 0.124. The number of halogens is 1. The third-order valence-corrected chi connectivity index (χ3v) is 5.44. The lowest BCUT2D eigenvalue weighted by Gasteiger charge is -2.46. The highest BCUT2D eigenvalue weighted by Crippen LogP contribution is 2.31. The molecule has 0 spiro atoms. The van der Waals surface area contributed by atoms with E-state index in [0.29, 0.717) is 19.4 Å². The summed E-state index contributed by atoms with van der Waals surface area (Å²) in [5.74, 6) is -1.18. The molecule has 0 aromatic heterocycles. The van der Waals surface area contributed by atoms with Crippen molar-refractivity contribution in [3.63, 3.8) is 0 Å². The number of hydrogen-bond acceptors (Lipinski definition) is 4. The highest BCUT2D eigenvalue weighted by molar-refractivity contribution is 5.98. The molecule has 3 amide bonds. The van der Waals surface area contributed by atoms with Crippen molar-refractivity contribution >= 4 is 17.7 Å². The standard InChI is InChI=1S/C18H20FN3O4/c19-11-3-1-2-10(6-11)16(24)20-12-4-5-21-14(7-12)18(26)22-9-13(23)8-15(22)17(21)25/h1-3,6,12-15,23H,4-5,7-9H2,(H,20,24)/t12-,13+,14-,15-/m0/s1. The van der Waals surface area contributed by atoms with Crippen LogP contribution in [0.3, 0.4) is 0 Å². The fourth-order valence-electron chi connectivity index (χ4n) is 4.17. The summed E-state index contributed by atoms with van der Waals surface area (Å²) in [5, 5.41) is 12.6. The molecule has 0 saturated carbocycles. The topological polar surface area (TPSA) is 89.9 Å². The lowest BCUT2D eigenvalue weighted by Crippen LogP contribution is -2.66. The summed E-state index contributed by atoms with van der Waals surface area (Å²) in [6.07, 6.45) is 0.474. The Morgan fingerprint density at radius 3 is 2.65 bits per heavy atom. The van der Waals surface area contributed by atoms with Gasteiger partial charge in [0, 0.05) is 31.1 Å². The number of rotatable bonds is 2. The van der Waals surface area contributed by atoms with Crippen molar-refractivity contribution in [2.24, 2.45) is 0 Å². The lowest BCUT2D eigenvalue weighted by atomic mass is 9.92. The Bertz CT molecular complexity index is 771. The second-order valence-corrected chi connectivity index (χ2v) is 7.15. The van der Waals surface area contributed by atoms with Gasteiger partial charge in [0.05, 0.1) is 6.10 Å². The number of nitrogens with one attached hydrogen (secondary N) is 1. The van der Waals surface area contributed by atoms with E-state index in [1.165, 1.54) is 23.1 Å². The Kier molecular flexibility index (Phi) is 4.14. The molecule has 3 aliphatic heterocycles. The molecule has 3 aliphatic rings. The summed E-state index contributed by atoms with van der Waals surface area (Å²) >= 11 is 0. The zero-order chi connectivity index (χ0) is 18.4. The summed E-state index contributed by atoms with van der Waals surface area (Å²) in [7, 11) is 0. The Morgan fingerprint density at radius 2 is 1.88 bits per heavy atom. The van der Waals surface area contributed by atoms with Crippen LogP contribution in [0.5, 0.6) is 0 Å². The van der Waals surface area contributed by atoms with Crippen molar-refractivity contribution in [1.82, 2.24) is 15.1 Å². The van der Waals surface area contributed by atoms with Gasteiger partial charge in [0.2, 0.25) is 11.8 Å². The van der Waals surface area contributed by atoms with Gasteiger partial charge in [-0.3, -0.25) is 14.4 Å². The molecule has 8 heteroatoms. The smallest absolute Gasteiger partial charge is 0.251 e. The third-order valence-electron chi connectivity index (χ3n) is 5.44. The Hall–Kier alpha value is -2.48. The summed E-state index contributed by atoms with van der Waals surface area (Å²) in [6, 6.07) is 3.97. The van der Waals surface area contributed by atoms with Gasteiger partial charge in [0.25, 0.3) is 5.91 Å². The molecule has 0 aliphatic carbocycles. The van der Waals surface area contributed by atoms with Gasteiger partial charge < -0.3 is 20.2 Å². The zero-order valence-electron chi connectivity index (χ0n) is 14.1. The van der Waals surface area contributed by atoms with Crippen LogP contribution >= 0.6 is 0 Å². The van der Waals surface area contributed by atoms with E-state index in [-0.39, 0.29) is 36.4 Å². The maximum Gasteiger partial charge on any atom is 0.251 e. The number of piperazine rings is 1. The fourth-order valence-corrected chi connectivity index (χ4v) is 4.17. The number of piperidine rings is 1. The largest absolute Gasteiger partial charge is 0.391 e. The number of carbonyl (C=O) groups excluding carboxylic acids is 3. The van der Waals surface area contributed by atoms with Crippen LogP contribution in [0.4, 0.5) is 4.39 Å². The maximum atomic E-state index is 13.3. The van der Waals surface area contributed by atoms with Crippen LogP contribution in [-0.4, -0.2) is 69.9 Å². The van der Waals surface area contributed by atoms with E-state index in [0.717, 1.165) is 6.07 Å². The molecule has 138 valence electrons. The Morgan fingerprint density at radius 1 is 1.15 bits per heavy atom. The first kappa shape index (κ1) is 17.0. The lowest BCUT2D eigenvalue weighted by molar-refractivity contribution is -0.161. The fraction of sp³-hybridized carbons (Fsp3) is 0.500. The number of nitrogens with zero attached hydrogens (tertiary/aromatic N) is 2. The van der Waals surface area contributed by atoms with E-state index in [1.54, 1.807) is 4.90 Å². The van der Waals surface area contributed by atoms with Crippen LogP contribution in [0, 0.1) is 5.82 Å². The second-order valence-electron chi connectivity index (χ2n) is 7.15. The van der Waals surface area contributed by atoms with Gasteiger partial charge in [-0.05, 0) is 31.0 Å². The van der Waals surface area contributed by atoms with E-state index in [9.17, 15) is 23.9 Å². The SMILES string of the molecule is O=C(N[C@H]1CCN2C(=O)[C@@H]3C[C@@H](O)CN3C(=O)[C@@H]2C1)c1cccc(F)c1. The molecule has 0 radical (unpaired) electrons. The number of benzene rings is 1. The molecule has 0 unspecified atom stereocenters. The zero-order valence-corrected chi connectivity index (χ0v) is 14.1. The predicted octanol–water partition coefficient (Wildman–Crippen LogP) is -0.109. The van der Waals surface area contributed by atoms with Gasteiger partial charge in [-0.15, -0.1) is 0 Å². The maximum absolute atomic E-state index is 13.3. The average molecular weight is 361 g/mol. The normalized spacial score (nSPS) is 30.8. The van der Waals surface area contributed by atoms with Gasteiger partial charge in [-0.2, -0.15) is 0 Å². The number of hydrogen-bond donors (Lipinski definition) is 2. The molecular weight excluding hydrogens is 341 g/mol. The summed E-state index contributed by atoms with van der Waals surface area (Å²) in [6.45, 7) is 0.559. The van der Waals surface area contributed by atoms with Gasteiger partial charge in [-0.25, -0.2) is 4.39 Å². The minimum Gasteiger partial charge on any atom is -0.391 e. The van der Waals surface area contributed by atoms with Crippen molar-refractivity contribution in [2.45, 2.75) is 43.5 Å². The van der Waals surface area contributed by atoms with Gasteiger partial charge in [-0.1, -0.05) is 6.07 Å². The molecule has 1 aromatic carbocycles. The summed E-state index contributed by atoms with van der Waals surface area (Å²) in [4.78, 5) is 40.7. The molecule has 4 atom stereocenters. The van der Waals surface area contributed by atoms with Crippen molar-refractivity contribution in [1.29, 1.82) is 0 Å². The van der Waals surface area contributed by atoms with E-state index < -0.39 is 29.9 Å². The van der Waals surface area contributed by atoms with Crippen molar-refractivity contribution < 1.29 is 23.9 Å². The van der Waals surface area contributed by atoms with Crippen LogP contribution in [0.1, 0.15) is 29.6 Å². The van der Waals surface area contributed by atoms with Crippen LogP contribution in [0.15, 0.2) is 24.3 Å². The average Bonchev–Trinajstić information content (AvgIpc) is 3.02. The quantitative estimate of drug-likeness (QED) is 0.769. The predicted molar refractivity (Wildman–Crippen MR) is 88.5 cm³/mol. The highest BCUT2D eigenvalue weighted by Gasteiger charge is 2.51. The molecule has 3 fully saturated rings. The van der Waals surface area contributed by atoms with E-state index in [4.69, 9.17) is 0 Å². The first-order valence-electron chi connectivity index (χ1n) is 8.79. The van der Waals surface area contributed by atoms with Gasteiger partial charge in [0.1, 0.15) is 17.9 Å². The van der Waals surface area contributed by atoms with Crippen molar-refractivity contribution in [3.05, 3.63) is 35.6 Å². The first-order chi connectivity index (χ1) is 12.4. The molecule has 0 bridgehead atoms. The van der Waals surface area contributed by atoms with Crippen LogP contribution in [0.2, 0.25) is 0 Å². The van der Waals surface area contributed by atoms with Crippen molar-refractivity contribution in [3.8, 4) is 0 Å². The second kappa shape index (κ2) is 6.35. The van der Waals surface area contributed by atoms with Crippen LogP contribution in [0.25, 0.3) is 0 Å². The summed E-state index contributed by atoms with van der Waals surface area (Å²) in [5.41, 5.74) is 0.223. The number of aliphatic hydroxyl groups is 1. The molecule has 4 rings (SSSR count). The van der Waals surface area contributed by atoms with Crippen LogP contribution in [-0.2, 0) is 9.59 Å². The number of aliphatic hydroxyl groups excluding tert-OH is 1. The molecule has 3 saturated heterocycles. The van der Waals surface area contributed by atoms with Gasteiger partial charge >= 0.3 is 0 Å². The van der Waals surface area contributed by atoms with E-state index in [2.05, 4.69) is 5.32 Å². The summed E-state index contributed by atoms with van der Waals surface area (Å²) < 4.78 is 13.3. The van der Waals surface area contributed by atoms with E-state index in [1.807, 2.05) is 0 Å². The third kappa shape index (κ3) is 2.84. The molecule has 7 nitrogen and oxygen atoms in total. The molecule has 2 N–H and O–H groups in total. The Labute approximate surface area is 149 Å². The Balaban J connectivity index is 1.46. The number of amides is 3.